The lowest BCUT2D eigenvalue weighted by Gasteiger charge is -2.25. The molecule has 0 saturated carbocycles. The average Bonchev–Trinajstić information content (AvgIpc) is 3.24. The van der Waals surface area contributed by atoms with Crippen molar-refractivity contribution in [2.45, 2.75) is 36.8 Å². The number of aromatic nitrogens is 4. The van der Waals surface area contributed by atoms with Crippen LogP contribution in [0.15, 0.2) is 16.3 Å². The van der Waals surface area contributed by atoms with E-state index < -0.39 is 16.0 Å². The highest BCUT2D eigenvalue weighted by Crippen LogP contribution is 2.31. The Morgan fingerprint density at radius 1 is 1.29 bits per heavy atom. The molecule has 0 aromatic carbocycles. The molecule has 1 saturated heterocycles. The van der Waals surface area contributed by atoms with Crippen molar-refractivity contribution in [3.8, 4) is 10.7 Å². The molecule has 0 aliphatic carbocycles. The van der Waals surface area contributed by atoms with Crippen LogP contribution in [0.1, 0.15) is 32.6 Å². The number of rotatable bonds is 5. The van der Waals surface area contributed by atoms with Crippen LogP contribution in [0.2, 0.25) is 0 Å². The molecule has 0 spiro atoms. The first-order valence-electron chi connectivity index (χ1n) is 7.62. The zero-order valence-corrected chi connectivity index (χ0v) is 14.7. The number of carbonyl (C=O) groups is 1. The summed E-state index contributed by atoms with van der Waals surface area (Å²) in [5.41, 5.74) is 0. The van der Waals surface area contributed by atoms with E-state index in [2.05, 4.69) is 15.5 Å². The summed E-state index contributed by atoms with van der Waals surface area (Å²) in [6, 6.07) is 3.15. The Balaban J connectivity index is 1.86. The second-order valence-electron chi connectivity index (χ2n) is 5.28. The molecule has 9 nitrogen and oxygen atoms in total. The number of hydrogen-bond donors (Lipinski definition) is 0. The van der Waals surface area contributed by atoms with Gasteiger partial charge in [0, 0.05) is 19.5 Å². The van der Waals surface area contributed by atoms with E-state index in [1.165, 1.54) is 10.4 Å². The molecule has 0 N–H and O–H groups in total. The lowest BCUT2D eigenvalue weighted by molar-refractivity contribution is -0.145. The number of hydrogen-bond acceptors (Lipinski definition) is 8. The van der Waals surface area contributed by atoms with Crippen molar-refractivity contribution in [2.24, 2.45) is 0 Å². The normalized spacial score (nSPS) is 16.2. The summed E-state index contributed by atoms with van der Waals surface area (Å²) in [5.74, 6) is -0.289. The fraction of sp³-hybridized carbons (Fsp3) is 0.538. The first-order chi connectivity index (χ1) is 11.5. The van der Waals surface area contributed by atoms with E-state index in [-0.39, 0.29) is 16.5 Å². The summed E-state index contributed by atoms with van der Waals surface area (Å²) in [7, 11) is -3.51. The van der Waals surface area contributed by atoms with Crippen molar-refractivity contribution in [2.75, 3.05) is 13.1 Å². The molecule has 130 valence electrons. The van der Waals surface area contributed by atoms with Crippen LogP contribution in [-0.2, 0) is 14.8 Å². The van der Waals surface area contributed by atoms with E-state index in [1.807, 2.05) is 0 Å². The van der Waals surface area contributed by atoms with Gasteiger partial charge in [-0.25, -0.2) is 13.2 Å². The molecule has 24 heavy (non-hydrogen) atoms. The zero-order valence-electron chi connectivity index (χ0n) is 13.1. The van der Waals surface area contributed by atoms with Crippen LogP contribution in [0.5, 0.6) is 0 Å². The third-order valence-electron chi connectivity index (χ3n) is 3.63. The van der Waals surface area contributed by atoms with Crippen LogP contribution >= 0.6 is 11.3 Å². The Bertz CT molecular complexity index is 823. The number of carbonyl (C=O) groups excluding carboxylic acids is 1. The second-order valence-corrected chi connectivity index (χ2v) is 8.52. The quantitative estimate of drug-likeness (QED) is 0.720. The smallest absolute Gasteiger partial charge is 0.316 e. The first kappa shape index (κ1) is 17.0. The molecular weight excluding hydrogens is 354 g/mol. The van der Waals surface area contributed by atoms with Gasteiger partial charge >= 0.3 is 5.97 Å². The third kappa shape index (κ3) is 3.32. The van der Waals surface area contributed by atoms with Gasteiger partial charge in [-0.3, -0.25) is 0 Å². The molecular formula is C13H17N5O4S2. The molecule has 3 heterocycles. The Morgan fingerprint density at radius 2 is 2.04 bits per heavy atom. The highest BCUT2D eigenvalue weighted by Gasteiger charge is 2.28. The fourth-order valence-corrected chi connectivity index (χ4v) is 5.30. The minimum atomic E-state index is -3.51. The van der Waals surface area contributed by atoms with Gasteiger partial charge in [-0.05, 0) is 40.2 Å². The Kier molecular flexibility index (Phi) is 4.92. The molecule has 1 fully saturated rings. The largest absolute Gasteiger partial charge is 0.334 e. The highest BCUT2D eigenvalue weighted by molar-refractivity contribution is 7.91. The van der Waals surface area contributed by atoms with Gasteiger partial charge < -0.3 is 4.84 Å². The maximum atomic E-state index is 12.7. The van der Waals surface area contributed by atoms with Crippen molar-refractivity contribution >= 4 is 27.3 Å². The van der Waals surface area contributed by atoms with E-state index in [0.717, 1.165) is 35.4 Å². The maximum Gasteiger partial charge on any atom is 0.334 e. The highest BCUT2D eigenvalue weighted by atomic mass is 32.2. The summed E-state index contributed by atoms with van der Waals surface area (Å²) in [5, 5.41) is 10.9. The van der Waals surface area contributed by atoms with Crippen molar-refractivity contribution in [1.29, 1.82) is 0 Å². The molecule has 0 unspecified atom stereocenters. The molecule has 1 aliphatic rings. The Morgan fingerprint density at radius 3 is 2.75 bits per heavy atom. The van der Waals surface area contributed by atoms with Gasteiger partial charge in [-0.1, -0.05) is 13.3 Å². The molecule has 0 bridgehead atoms. The van der Waals surface area contributed by atoms with E-state index >= 15 is 0 Å². The maximum absolute atomic E-state index is 12.7. The minimum absolute atomic E-state index is 0.179. The van der Waals surface area contributed by atoms with Gasteiger partial charge in [0.15, 0.2) is 0 Å². The Labute approximate surface area is 143 Å². The van der Waals surface area contributed by atoms with Gasteiger partial charge in [-0.15, -0.1) is 16.4 Å². The van der Waals surface area contributed by atoms with E-state index in [9.17, 15) is 13.2 Å². The lowest BCUT2D eigenvalue weighted by atomic mass is 10.2. The van der Waals surface area contributed by atoms with Gasteiger partial charge in [-0.2, -0.15) is 4.31 Å². The molecule has 2 aromatic rings. The molecule has 1 aliphatic heterocycles. The summed E-state index contributed by atoms with van der Waals surface area (Å²) in [6.07, 6.45) is 2.99. The van der Waals surface area contributed by atoms with Crippen molar-refractivity contribution in [3.63, 3.8) is 0 Å². The van der Waals surface area contributed by atoms with E-state index in [0.29, 0.717) is 18.0 Å². The first-order valence-corrected chi connectivity index (χ1v) is 9.88. The van der Waals surface area contributed by atoms with E-state index in [4.69, 9.17) is 4.84 Å². The lowest BCUT2D eigenvalue weighted by Crippen LogP contribution is -2.35. The second kappa shape index (κ2) is 6.95. The number of tetrazole rings is 1. The van der Waals surface area contributed by atoms with Crippen LogP contribution in [0, 0.1) is 0 Å². The van der Waals surface area contributed by atoms with Gasteiger partial charge in [0.2, 0.25) is 5.82 Å². The molecule has 3 rings (SSSR count). The average molecular weight is 371 g/mol. The minimum Gasteiger partial charge on any atom is -0.316 e. The van der Waals surface area contributed by atoms with Gasteiger partial charge in [0.1, 0.15) is 4.21 Å². The van der Waals surface area contributed by atoms with Crippen LogP contribution in [0.25, 0.3) is 10.7 Å². The van der Waals surface area contributed by atoms with Crippen LogP contribution in [-0.4, -0.2) is 52.2 Å². The number of piperidine rings is 1. The topological polar surface area (TPSA) is 107 Å². The Hall–Kier alpha value is -1.85. The van der Waals surface area contributed by atoms with Crippen LogP contribution < -0.4 is 4.84 Å². The van der Waals surface area contributed by atoms with Crippen molar-refractivity contribution in [1.82, 2.24) is 24.7 Å². The standard InChI is InChI=1S/C13H17N5O4S2/c1-2-11(19)22-18-13(14-15-16-18)10-6-7-12(23-10)24(20,21)17-8-4-3-5-9-17/h6-7H,2-5,8-9H2,1H3. The number of nitrogens with zero attached hydrogens (tertiary/aromatic N) is 5. The zero-order chi connectivity index (χ0) is 17.2. The molecule has 2 aromatic heterocycles. The number of thiophene rings is 1. The van der Waals surface area contributed by atoms with Crippen LogP contribution in [0.3, 0.4) is 0 Å². The summed E-state index contributed by atoms with van der Waals surface area (Å²) < 4.78 is 27.1. The molecule has 11 heteroatoms. The van der Waals surface area contributed by atoms with Crippen molar-refractivity contribution < 1.29 is 18.0 Å². The van der Waals surface area contributed by atoms with Crippen molar-refractivity contribution in [3.05, 3.63) is 12.1 Å². The molecule has 0 radical (unpaired) electrons. The third-order valence-corrected chi connectivity index (χ3v) is 7.08. The predicted octanol–water partition coefficient (Wildman–Crippen LogP) is 0.941. The fourth-order valence-electron chi connectivity index (χ4n) is 2.36. The molecule has 0 amide bonds. The summed E-state index contributed by atoms with van der Waals surface area (Å²) in [4.78, 5) is 17.8. The van der Waals surface area contributed by atoms with Gasteiger partial charge in [0.25, 0.3) is 10.0 Å². The SMILES string of the molecule is CCC(=O)On1nnnc1-c1ccc(S(=O)(=O)N2CCCCC2)s1. The predicted molar refractivity (Wildman–Crippen MR) is 85.6 cm³/mol. The van der Waals surface area contributed by atoms with Gasteiger partial charge in [0.05, 0.1) is 4.88 Å². The van der Waals surface area contributed by atoms with Crippen LogP contribution in [0.4, 0.5) is 0 Å². The summed E-state index contributed by atoms with van der Waals surface area (Å²) >= 11 is 1.06. The number of sulfonamides is 1. The summed E-state index contributed by atoms with van der Waals surface area (Å²) in [6.45, 7) is 2.74. The van der Waals surface area contributed by atoms with E-state index in [1.54, 1.807) is 13.0 Å². The monoisotopic (exact) mass is 371 g/mol. The molecule has 0 atom stereocenters.